The van der Waals surface area contributed by atoms with Crippen LogP contribution in [0, 0.1) is 17.8 Å². The van der Waals surface area contributed by atoms with Crippen molar-refractivity contribution in [3.63, 3.8) is 0 Å². The standard InChI is InChI=1S/C30H49N3O5/c1-10-16-31(17-11-2)25(35)22-23-26(36)33(21(19-34)20(5)13-4)24(30(23)15-14-29(22,9)38-30)27(37)32(18-12-3)28(6,7)8/h10,12,20-24,34H,1,3,11,13-19H2,2,4-9H3/t20-,21-,22+,23-,24?,29-,30?/m0/s1. The molecule has 0 aromatic heterocycles. The number of ether oxygens (including phenoxy) is 1. The van der Waals surface area contributed by atoms with E-state index in [1.807, 2.05) is 48.5 Å². The van der Waals surface area contributed by atoms with Crippen LogP contribution in [0.25, 0.3) is 0 Å². The molecule has 7 atom stereocenters. The summed E-state index contributed by atoms with van der Waals surface area (Å²) in [6, 6.07) is -1.48. The van der Waals surface area contributed by atoms with Gasteiger partial charge in [0.25, 0.3) is 0 Å². The molecule has 1 spiro atoms. The van der Waals surface area contributed by atoms with E-state index in [0.29, 0.717) is 32.5 Å². The number of carbonyl (C=O) groups excluding carboxylic acids is 3. The van der Waals surface area contributed by atoms with Crippen molar-refractivity contribution in [1.82, 2.24) is 14.7 Å². The lowest BCUT2D eigenvalue weighted by Gasteiger charge is -2.44. The van der Waals surface area contributed by atoms with E-state index in [4.69, 9.17) is 4.74 Å². The van der Waals surface area contributed by atoms with E-state index in [1.54, 1.807) is 26.9 Å². The molecule has 3 heterocycles. The Morgan fingerprint density at radius 1 is 1.18 bits per heavy atom. The number of hydrogen-bond donors (Lipinski definition) is 1. The van der Waals surface area contributed by atoms with Crippen LogP contribution in [0.15, 0.2) is 25.3 Å². The second-order valence-electron chi connectivity index (χ2n) is 12.6. The van der Waals surface area contributed by atoms with Gasteiger partial charge >= 0.3 is 0 Å². The van der Waals surface area contributed by atoms with Crippen molar-refractivity contribution >= 4 is 17.7 Å². The number of carbonyl (C=O) groups is 3. The molecule has 0 aromatic rings. The van der Waals surface area contributed by atoms with Gasteiger partial charge in [0.1, 0.15) is 11.6 Å². The molecule has 3 aliphatic rings. The molecule has 3 rings (SSSR count). The molecule has 3 fully saturated rings. The lowest BCUT2D eigenvalue weighted by atomic mass is 9.66. The molecule has 0 aliphatic carbocycles. The Hall–Kier alpha value is -2.19. The van der Waals surface area contributed by atoms with E-state index in [9.17, 15) is 19.5 Å². The molecule has 0 radical (unpaired) electrons. The van der Waals surface area contributed by atoms with Gasteiger partial charge in [-0.1, -0.05) is 39.3 Å². The minimum Gasteiger partial charge on any atom is -0.394 e. The molecule has 38 heavy (non-hydrogen) atoms. The summed E-state index contributed by atoms with van der Waals surface area (Å²) in [5.74, 6) is -2.12. The number of hydrogen-bond acceptors (Lipinski definition) is 5. The van der Waals surface area contributed by atoms with E-state index < -0.39 is 40.7 Å². The number of likely N-dealkylation sites (tertiary alicyclic amines) is 1. The minimum absolute atomic E-state index is 0.0451. The van der Waals surface area contributed by atoms with Crippen LogP contribution in [-0.2, 0) is 19.1 Å². The molecule has 0 aromatic carbocycles. The maximum absolute atomic E-state index is 14.5. The van der Waals surface area contributed by atoms with Crippen molar-refractivity contribution in [2.45, 2.75) is 103 Å². The van der Waals surface area contributed by atoms with Gasteiger partial charge in [-0.05, 0) is 52.9 Å². The minimum atomic E-state index is -1.12. The molecule has 3 aliphatic heterocycles. The van der Waals surface area contributed by atoms with Crippen LogP contribution in [0.4, 0.5) is 0 Å². The molecule has 2 bridgehead atoms. The van der Waals surface area contributed by atoms with Gasteiger partial charge in [-0.25, -0.2) is 0 Å². The summed E-state index contributed by atoms with van der Waals surface area (Å²) in [7, 11) is 0. The first-order valence-corrected chi connectivity index (χ1v) is 14.2. The van der Waals surface area contributed by atoms with Crippen LogP contribution in [0.2, 0.25) is 0 Å². The predicted octanol–water partition coefficient (Wildman–Crippen LogP) is 3.40. The highest BCUT2D eigenvalue weighted by Gasteiger charge is 2.79. The first kappa shape index (κ1) is 30.4. The van der Waals surface area contributed by atoms with Crippen LogP contribution in [0.5, 0.6) is 0 Å². The SMILES string of the molecule is C=CCN(CCC)C(=O)[C@H]1[C@H]2C(=O)N([C@@H](CO)[C@@H](C)CC)C(C(=O)N(CC=C)C(C)(C)C)C23CC[C@]1(C)O3. The molecular formula is C30H49N3O5. The molecule has 0 saturated carbocycles. The van der Waals surface area contributed by atoms with Crippen LogP contribution >= 0.6 is 0 Å². The average molecular weight is 532 g/mol. The first-order chi connectivity index (χ1) is 17.8. The van der Waals surface area contributed by atoms with Crippen LogP contribution < -0.4 is 0 Å². The van der Waals surface area contributed by atoms with Crippen molar-refractivity contribution in [2.75, 3.05) is 26.2 Å². The molecule has 8 heteroatoms. The normalized spacial score (nSPS) is 31.6. The molecule has 8 nitrogen and oxygen atoms in total. The fourth-order valence-corrected chi connectivity index (χ4v) is 7.08. The lowest BCUT2D eigenvalue weighted by molar-refractivity contribution is -0.160. The van der Waals surface area contributed by atoms with Crippen molar-refractivity contribution < 1.29 is 24.2 Å². The van der Waals surface area contributed by atoms with Crippen LogP contribution in [0.3, 0.4) is 0 Å². The zero-order chi connectivity index (χ0) is 28.6. The quantitative estimate of drug-likeness (QED) is 0.390. The monoisotopic (exact) mass is 531 g/mol. The lowest BCUT2D eigenvalue weighted by Crippen LogP contribution is -2.62. The van der Waals surface area contributed by atoms with Gasteiger partial charge in [0.15, 0.2) is 0 Å². The number of nitrogens with zero attached hydrogens (tertiary/aromatic N) is 3. The molecule has 3 saturated heterocycles. The Labute approximate surface area is 229 Å². The maximum Gasteiger partial charge on any atom is 0.249 e. The third-order valence-electron chi connectivity index (χ3n) is 9.10. The Kier molecular flexibility index (Phi) is 8.89. The number of rotatable bonds is 12. The molecule has 214 valence electrons. The number of aliphatic hydroxyl groups is 1. The first-order valence-electron chi connectivity index (χ1n) is 14.2. The Morgan fingerprint density at radius 3 is 2.32 bits per heavy atom. The fraction of sp³-hybridized carbons (Fsp3) is 0.767. The van der Waals surface area contributed by atoms with Gasteiger partial charge in [0.05, 0.1) is 30.1 Å². The number of amides is 3. The molecular weight excluding hydrogens is 482 g/mol. The van der Waals surface area contributed by atoms with Gasteiger partial charge in [-0.15, -0.1) is 13.2 Å². The van der Waals surface area contributed by atoms with E-state index in [0.717, 1.165) is 12.8 Å². The van der Waals surface area contributed by atoms with Crippen molar-refractivity contribution in [3.8, 4) is 0 Å². The highest BCUT2D eigenvalue weighted by atomic mass is 16.5. The zero-order valence-corrected chi connectivity index (χ0v) is 24.5. The second kappa shape index (κ2) is 11.1. The van der Waals surface area contributed by atoms with E-state index in [1.165, 1.54) is 0 Å². The van der Waals surface area contributed by atoms with Gasteiger partial charge in [-0.2, -0.15) is 0 Å². The summed E-state index contributed by atoms with van der Waals surface area (Å²) in [6.45, 7) is 22.5. The van der Waals surface area contributed by atoms with E-state index in [-0.39, 0.29) is 30.2 Å². The smallest absolute Gasteiger partial charge is 0.249 e. The molecule has 3 amide bonds. The Balaban J connectivity index is 2.20. The highest BCUT2D eigenvalue weighted by Crippen LogP contribution is 2.64. The summed E-state index contributed by atoms with van der Waals surface area (Å²) in [6.07, 6.45) is 6.00. The Morgan fingerprint density at radius 2 is 1.82 bits per heavy atom. The second-order valence-corrected chi connectivity index (χ2v) is 12.6. The van der Waals surface area contributed by atoms with E-state index >= 15 is 0 Å². The van der Waals surface area contributed by atoms with Gasteiger partial charge < -0.3 is 24.5 Å². The third-order valence-corrected chi connectivity index (χ3v) is 9.10. The average Bonchev–Trinajstić information content (AvgIpc) is 3.42. The summed E-state index contributed by atoms with van der Waals surface area (Å²) in [5, 5.41) is 10.5. The van der Waals surface area contributed by atoms with Crippen LogP contribution in [-0.4, -0.2) is 92.6 Å². The summed E-state index contributed by atoms with van der Waals surface area (Å²) < 4.78 is 6.80. The summed E-state index contributed by atoms with van der Waals surface area (Å²) in [4.78, 5) is 48.2. The van der Waals surface area contributed by atoms with E-state index in [2.05, 4.69) is 13.2 Å². The largest absolute Gasteiger partial charge is 0.394 e. The molecule has 2 unspecified atom stereocenters. The maximum atomic E-state index is 14.5. The molecule has 1 N–H and O–H groups in total. The fourth-order valence-electron chi connectivity index (χ4n) is 7.08. The van der Waals surface area contributed by atoms with Gasteiger partial charge in [0, 0.05) is 25.2 Å². The summed E-state index contributed by atoms with van der Waals surface area (Å²) in [5.41, 5.74) is -2.50. The zero-order valence-electron chi connectivity index (χ0n) is 24.5. The Bertz CT molecular complexity index is 945. The van der Waals surface area contributed by atoms with Gasteiger partial charge in [-0.3, -0.25) is 14.4 Å². The van der Waals surface area contributed by atoms with Gasteiger partial charge in [0.2, 0.25) is 17.7 Å². The summed E-state index contributed by atoms with van der Waals surface area (Å²) >= 11 is 0. The van der Waals surface area contributed by atoms with Crippen molar-refractivity contribution in [2.24, 2.45) is 17.8 Å². The third kappa shape index (κ3) is 4.72. The van der Waals surface area contributed by atoms with Crippen molar-refractivity contribution in [1.29, 1.82) is 0 Å². The van der Waals surface area contributed by atoms with Crippen molar-refractivity contribution in [3.05, 3.63) is 25.3 Å². The number of aliphatic hydroxyl groups excluding tert-OH is 1. The van der Waals surface area contributed by atoms with Crippen LogP contribution in [0.1, 0.15) is 74.1 Å². The topological polar surface area (TPSA) is 90.4 Å². The number of fused-ring (bicyclic) bond motifs is 1. The highest BCUT2D eigenvalue weighted by molar-refractivity contribution is 5.99. The predicted molar refractivity (Wildman–Crippen MR) is 148 cm³/mol.